The summed E-state index contributed by atoms with van der Waals surface area (Å²) < 4.78 is 65.2. The third kappa shape index (κ3) is 5.45. The first kappa shape index (κ1) is 20.2. The van der Waals surface area contributed by atoms with Gasteiger partial charge in [0.05, 0.1) is 5.75 Å². The molecule has 0 bridgehead atoms. The van der Waals surface area contributed by atoms with Crippen molar-refractivity contribution in [1.29, 1.82) is 0 Å². The van der Waals surface area contributed by atoms with Gasteiger partial charge >= 0.3 is 6.18 Å². The molecule has 26 heavy (non-hydrogen) atoms. The van der Waals surface area contributed by atoms with Crippen LogP contribution < -0.4 is 0 Å². The predicted octanol–water partition coefficient (Wildman–Crippen LogP) is 5.57. The Balaban J connectivity index is 2.46. The molecule has 0 N–H and O–H groups in total. The zero-order valence-electron chi connectivity index (χ0n) is 14.4. The Morgan fingerprint density at radius 1 is 1.12 bits per heavy atom. The van der Waals surface area contributed by atoms with E-state index in [4.69, 9.17) is 0 Å². The summed E-state index contributed by atoms with van der Waals surface area (Å²) in [6.45, 7) is 1.54. The van der Waals surface area contributed by atoms with Crippen LogP contribution in [0.4, 0.5) is 27.6 Å². The molecule has 0 unspecified atom stereocenters. The number of thioether (sulfide) groups is 1. The summed E-state index contributed by atoms with van der Waals surface area (Å²) in [5, 5.41) is 0. The minimum atomic E-state index is -4.33. The number of alkyl halides is 3. The van der Waals surface area contributed by atoms with Gasteiger partial charge in [0.2, 0.25) is 0 Å². The Bertz CT molecular complexity index is 816. The normalized spacial score (nSPS) is 12.4. The largest absolute Gasteiger partial charge is 0.398 e. The number of benzene rings is 2. The molecule has 0 aliphatic rings. The number of aryl methyl sites for hydroxylation is 1. The van der Waals surface area contributed by atoms with Gasteiger partial charge < -0.3 is 4.90 Å². The van der Waals surface area contributed by atoms with Gasteiger partial charge in [0.15, 0.2) is 0 Å². The number of amidine groups is 1. The Morgan fingerprint density at radius 3 is 2.38 bits per heavy atom. The van der Waals surface area contributed by atoms with E-state index in [1.807, 2.05) is 0 Å². The summed E-state index contributed by atoms with van der Waals surface area (Å²) >= 11 is 0.576. The lowest BCUT2D eigenvalue weighted by Crippen LogP contribution is -2.23. The van der Waals surface area contributed by atoms with Gasteiger partial charge in [0.25, 0.3) is 0 Å². The van der Waals surface area contributed by atoms with E-state index in [1.54, 1.807) is 25.1 Å². The third-order valence-corrected chi connectivity index (χ3v) is 4.59. The van der Waals surface area contributed by atoms with Crippen molar-refractivity contribution in [3.8, 4) is 0 Å². The average molecular weight is 388 g/mol. The summed E-state index contributed by atoms with van der Waals surface area (Å²) in [4.78, 5) is 6.09. The van der Waals surface area contributed by atoms with Crippen LogP contribution in [0.25, 0.3) is 0 Å². The molecular weight excluding hydrogens is 371 g/mol. The maximum atomic E-state index is 14.3. The van der Waals surface area contributed by atoms with Crippen molar-refractivity contribution in [1.82, 2.24) is 4.90 Å². The zero-order chi connectivity index (χ0) is 19.5. The molecule has 2 aromatic carbocycles. The van der Waals surface area contributed by atoms with Crippen LogP contribution in [0.15, 0.2) is 46.3 Å². The van der Waals surface area contributed by atoms with Crippen molar-refractivity contribution in [3.63, 3.8) is 0 Å². The quantitative estimate of drug-likeness (QED) is 0.295. The van der Waals surface area contributed by atoms with Crippen molar-refractivity contribution in [2.24, 2.45) is 4.99 Å². The minimum Gasteiger partial charge on any atom is -0.362 e. The number of hydrogen-bond donors (Lipinski definition) is 0. The van der Waals surface area contributed by atoms with Crippen LogP contribution in [-0.4, -0.2) is 36.8 Å². The van der Waals surface area contributed by atoms with Gasteiger partial charge in [-0.1, -0.05) is 12.1 Å². The average Bonchev–Trinajstić information content (AvgIpc) is 2.51. The molecule has 0 heterocycles. The van der Waals surface area contributed by atoms with Gasteiger partial charge in [0.1, 0.15) is 23.2 Å². The highest BCUT2D eigenvalue weighted by atomic mass is 32.2. The molecule has 8 heteroatoms. The molecule has 0 saturated carbocycles. The number of aliphatic imine (C=N–C) groups is 1. The maximum Gasteiger partial charge on any atom is 0.398 e. The first-order valence-electron chi connectivity index (χ1n) is 7.58. The summed E-state index contributed by atoms with van der Waals surface area (Å²) in [5.41, 5.74) is 0.723. The Kier molecular flexibility index (Phi) is 6.28. The summed E-state index contributed by atoms with van der Waals surface area (Å²) in [5.74, 6) is -1.91. The van der Waals surface area contributed by atoms with Gasteiger partial charge in [-0.05, 0) is 36.8 Å². The van der Waals surface area contributed by atoms with Gasteiger partial charge in [-0.15, -0.1) is 11.8 Å². The Labute approximate surface area is 152 Å². The number of nitrogens with zero attached hydrogens (tertiary/aromatic N) is 2. The Hall–Kier alpha value is -2.09. The third-order valence-electron chi connectivity index (χ3n) is 3.37. The van der Waals surface area contributed by atoms with Crippen molar-refractivity contribution in [3.05, 3.63) is 59.2 Å². The molecule has 2 nitrogen and oxygen atoms in total. The van der Waals surface area contributed by atoms with Crippen LogP contribution in [-0.2, 0) is 0 Å². The fraction of sp³-hybridized carbons (Fsp3) is 0.278. The number of rotatable bonds is 4. The van der Waals surface area contributed by atoms with E-state index in [1.165, 1.54) is 31.2 Å². The van der Waals surface area contributed by atoms with Gasteiger partial charge in [-0.25, -0.2) is 13.8 Å². The lowest BCUT2D eigenvalue weighted by molar-refractivity contribution is -0.105. The SMILES string of the molecule is Cc1cc(F)c(N=C(c2cccc(F)c2)N(C)C)cc1SCC(F)(F)F. The van der Waals surface area contributed by atoms with Crippen molar-refractivity contribution < 1.29 is 22.0 Å². The molecule has 140 valence electrons. The fourth-order valence-electron chi connectivity index (χ4n) is 2.21. The van der Waals surface area contributed by atoms with Crippen LogP contribution in [0.2, 0.25) is 0 Å². The molecule has 0 spiro atoms. The molecule has 0 radical (unpaired) electrons. The van der Waals surface area contributed by atoms with Gasteiger partial charge in [-0.3, -0.25) is 0 Å². The summed E-state index contributed by atoms with van der Waals surface area (Å²) in [7, 11) is 3.32. The van der Waals surface area contributed by atoms with E-state index in [-0.39, 0.29) is 5.69 Å². The zero-order valence-corrected chi connectivity index (χ0v) is 15.2. The van der Waals surface area contributed by atoms with Crippen LogP contribution in [0, 0.1) is 18.6 Å². The summed E-state index contributed by atoms with van der Waals surface area (Å²) in [6.07, 6.45) is -4.33. The standard InChI is InChI=1S/C18H17F5N2S/c1-11-7-14(20)15(9-16(11)26-10-18(21,22)23)24-17(25(2)3)12-5-4-6-13(19)8-12/h4-9H,10H2,1-3H3. The van der Waals surface area contributed by atoms with Crippen LogP contribution in [0.1, 0.15) is 11.1 Å². The van der Waals surface area contributed by atoms with Crippen LogP contribution in [0.3, 0.4) is 0 Å². The monoisotopic (exact) mass is 388 g/mol. The molecule has 0 fully saturated rings. The molecule has 0 saturated heterocycles. The second-order valence-electron chi connectivity index (χ2n) is 5.81. The smallest absolute Gasteiger partial charge is 0.362 e. The number of hydrogen-bond acceptors (Lipinski definition) is 2. The molecule has 0 atom stereocenters. The molecule has 0 amide bonds. The Morgan fingerprint density at radius 2 is 1.81 bits per heavy atom. The topological polar surface area (TPSA) is 15.6 Å². The first-order valence-corrected chi connectivity index (χ1v) is 8.57. The van der Waals surface area contributed by atoms with E-state index in [0.29, 0.717) is 33.6 Å². The van der Waals surface area contributed by atoms with E-state index >= 15 is 0 Å². The fourth-order valence-corrected chi connectivity index (χ4v) is 3.01. The second kappa shape index (κ2) is 8.07. The van der Waals surface area contributed by atoms with Crippen molar-refractivity contribution in [2.75, 3.05) is 19.8 Å². The number of halogens is 5. The van der Waals surface area contributed by atoms with Crippen LogP contribution in [0.5, 0.6) is 0 Å². The van der Waals surface area contributed by atoms with E-state index in [9.17, 15) is 22.0 Å². The van der Waals surface area contributed by atoms with Crippen molar-refractivity contribution >= 4 is 23.3 Å². The highest BCUT2D eigenvalue weighted by Crippen LogP contribution is 2.33. The maximum absolute atomic E-state index is 14.3. The first-order chi connectivity index (χ1) is 12.1. The lowest BCUT2D eigenvalue weighted by atomic mass is 10.1. The molecule has 0 aromatic heterocycles. The van der Waals surface area contributed by atoms with E-state index in [2.05, 4.69) is 4.99 Å². The predicted molar refractivity (Wildman–Crippen MR) is 94.2 cm³/mol. The minimum absolute atomic E-state index is 0.103. The van der Waals surface area contributed by atoms with Crippen LogP contribution >= 0.6 is 11.8 Å². The molecular formula is C18H17F5N2S. The van der Waals surface area contributed by atoms with E-state index < -0.39 is 23.6 Å². The molecule has 2 aromatic rings. The summed E-state index contributed by atoms with van der Waals surface area (Å²) in [6, 6.07) is 8.08. The highest BCUT2D eigenvalue weighted by molar-refractivity contribution is 7.99. The van der Waals surface area contributed by atoms with Crippen molar-refractivity contribution in [2.45, 2.75) is 18.0 Å². The van der Waals surface area contributed by atoms with Gasteiger partial charge in [-0.2, -0.15) is 13.2 Å². The molecule has 2 rings (SSSR count). The van der Waals surface area contributed by atoms with E-state index in [0.717, 1.165) is 6.07 Å². The second-order valence-corrected chi connectivity index (χ2v) is 6.83. The van der Waals surface area contributed by atoms with Gasteiger partial charge in [0, 0.05) is 24.6 Å². The lowest BCUT2D eigenvalue weighted by Gasteiger charge is -2.17. The highest BCUT2D eigenvalue weighted by Gasteiger charge is 2.27. The molecule has 0 aliphatic carbocycles. The molecule has 0 aliphatic heterocycles.